The van der Waals surface area contributed by atoms with Gasteiger partial charge in [-0.15, -0.1) is 0 Å². The number of hydrogen-bond acceptors (Lipinski definition) is 5. The van der Waals surface area contributed by atoms with Gasteiger partial charge in [0.25, 0.3) is 5.89 Å². The Morgan fingerprint density at radius 2 is 1.89 bits per heavy atom. The van der Waals surface area contributed by atoms with Crippen LogP contribution in [0.1, 0.15) is 34.2 Å². The molecular formula is C19H14F3N3O2. The van der Waals surface area contributed by atoms with Gasteiger partial charge in [0.1, 0.15) is 6.04 Å². The summed E-state index contributed by atoms with van der Waals surface area (Å²) in [7, 11) is 0. The lowest BCUT2D eigenvalue weighted by Crippen LogP contribution is -2.20. The van der Waals surface area contributed by atoms with Gasteiger partial charge in [0, 0.05) is 5.56 Å². The molecule has 0 amide bonds. The largest absolute Gasteiger partial charge is 0.416 e. The Bertz CT molecular complexity index is 994. The van der Waals surface area contributed by atoms with Crippen molar-refractivity contribution in [3.8, 4) is 11.4 Å². The molecule has 1 aliphatic carbocycles. The number of benzene rings is 2. The van der Waals surface area contributed by atoms with E-state index in [2.05, 4.69) is 15.6 Å². The van der Waals surface area contributed by atoms with Crippen LogP contribution in [0.4, 0.5) is 13.2 Å². The van der Waals surface area contributed by atoms with E-state index >= 15 is 0 Å². The number of hydrogen-bond donors (Lipinski definition) is 2. The molecule has 2 N–H and O–H groups in total. The minimum Gasteiger partial charge on any atom is -0.337 e. The maximum Gasteiger partial charge on any atom is 0.416 e. The number of aromatic nitrogens is 2. The molecule has 1 unspecified atom stereocenters. The lowest BCUT2D eigenvalue weighted by atomic mass is 9.97. The van der Waals surface area contributed by atoms with Crippen LogP contribution in [0.5, 0.6) is 0 Å². The van der Waals surface area contributed by atoms with Crippen molar-refractivity contribution in [1.29, 1.82) is 0 Å². The number of nitrogens with one attached hydrogen (secondary N) is 1. The highest BCUT2D eigenvalue weighted by atomic mass is 19.4. The molecule has 3 aromatic rings. The normalized spacial score (nSPS) is 14.4. The van der Waals surface area contributed by atoms with Crippen molar-refractivity contribution in [2.75, 3.05) is 0 Å². The summed E-state index contributed by atoms with van der Waals surface area (Å²) < 4.78 is 43.3. The SMILES string of the molecule is ONC(c1nc(-c2ccc(C(F)(F)F)cc2)no1)c1cccc2c1CC=C2. The van der Waals surface area contributed by atoms with Gasteiger partial charge < -0.3 is 9.73 Å². The van der Waals surface area contributed by atoms with Crippen LogP contribution in [0.25, 0.3) is 17.5 Å². The van der Waals surface area contributed by atoms with Crippen molar-refractivity contribution < 1.29 is 22.9 Å². The minimum atomic E-state index is -4.41. The molecule has 0 bridgehead atoms. The summed E-state index contributed by atoms with van der Waals surface area (Å²) in [6, 6.07) is 9.43. The van der Waals surface area contributed by atoms with Crippen molar-refractivity contribution in [2.24, 2.45) is 0 Å². The van der Waals surface area contributed by atoms with Crippen molar-refractivity contribution in [3.63, 3.8) is 0 Å². The summed E-state index contributed by atoms with van der Waals surface area (Å²) >= 11 is 0. The summed E-state index contributed by atoms with van der Waals surface area (Å²) in [4.78, 5) is 4.24. The third-order valence-electron chi connectivity index (χ3n) is 4.47. The second-order valence-corrected chi connectivity index (χ2v) is 6.11. The molecule has 0 saturated carbocycles. The summed E-state index contributed by atoms with van der Waals surface area (Å²) in [6.45, 7) is 0. The number of rotatable bonds is 4. The second-order valence-electron chi connectivity index (χ2n) is 6.11. The predicted molar refractivity (Wildman–Crippen MR) is 90.7 cm³/mol. The Balaban J connectivity index is 1.65. The van der Waals surface area contributed by atoms with Gasteiger partial charge in [-0.1, -0.05) is 47.6 Å². The Labute approximate surface area is 152 Å². The molecule has 1 aromatic heterocycles. The maximum absolute atomic E-state index is 12.7. The lowest BCUT2D eigenvalue weighted by Gasteiger charge is -2.15. The summed E-state index contributed by atoms with van der Waals surface area (Å²) in [5.41, 5.74) is 4.70. The molecule has 1 heterocycles. The smallest absolute Gasteiger partial charge is 0.337 e. The zero-order valence-electron chi connectivity index (χ0n) is 13.9. The molecule has 8 heteroatoms. The fraction of sp³-hybridized carbons (Fsp3) is 0.158. The van der Waals surface area contributed by atoms with Crippen LogP contribution in [-0.4, -0.2) is 15.3 Å². The van der Waals surface area contributed by atoms with Gasteiger partial charge in [-0.2, -0.15) is 23.6 Å². The number of allylic oxidation sites excluding steroid dienone is 1. The number of nitrogens with zero attached hydrogens (tertiary/aromatic N) is 2. The molecule has 1 atom stereocenters. The molecule has 0 saturated heterocycles. The van der Waals surface area contributed by atoms with Gasteiger partial charge in [-0.05, 0) is 35.2 Å². The van der Waals surface area contributed by atoms with Crippen LogP contribution in [0, 0.1) is 0 Å². The van der Waals surface area contributed by atoms with Crippen molar-refractivity contribution in [2.45, 2.75) is 18.6 Å². The first-order valence-corrected chi connectivity index (χ1v) is 8.16. The van der Waals surface area contributed by atoms with E-state index in [0.29, 0.717) is 5.56 Å². The predicted octanol–water partition coefficient (Wildman–Crippen LogP) is 4.39. The van der Waals surface area contributed by atoms with Gasteiger partial charge in [-0.25, -0.2) is 0 Å². The third-order valence-corrected chi connectivity index (χ3v) is 4.47. The number of fused-ring (bicyclic) bond motifs is 1. The molecule has 5 nitrogen and oxygen atoms in total. The zero-order chi connectivity index (χ0) is 19.0. The minimum absolute atomic E-state index is 0.118. The topological polar surface area (TPSA) is 71.2 Å². The van der Waals surface area contributed by atoms with E-state index in [1.807, 2.05) is 30.4 Å². The Morgan fingerprint density at radius 3 is 2.59 bits per heavy atom. The standard InChI is InChI=1S/C19H14F3N3O2/c20-19(21,22)13-9-7-12(8-10-13)17-23-18(27-25-17)16(24-26)15-6-2-4-11-3-1-5-14(11)15/h1-4,6-10,16,24,26H,5H2. The summed E-state index contributed by atoms with van der Waals surface area (Å²) in [6.07, 6.45) is 0.330. The van der Waals surface area contributed by atoms with E-state index in [9.17, 15) is 18.4 Å². The summed E-state index contributed by atoms with van der Waals surface area (Å²) in [5.74, 6) is 0.261. The number of halogens is 3. The lowest BCUT2D eigenvalue weighted by molar-refractivity contribution is -0.137. The molecule has 0 radical (unpaired) electrons. The third kappa shape index (κ3) is 3.24. The quantitative estimate of drug-likeness (QED) is 0.664. The Kier molecular flexibility index (Phi) is 4.29. The van der Waals surface area contributed by atoms with Crippen LogP contribution < -0.4 is 5.48 Å². The van der Waals surface area contributed by atoms with E-state index in [0.717, 1.165) is 35.2 Å². The van der Waals surface area contributed by atoms with E-state index in [1.54, 1.807) is 0 Å². The molecular weight excluding hydrogens is 359 g/mol. The number of hydroxylamine groups is 1. The monoisotopic (exact) mass is 373 g/mol. The van der Waals surface area contributed by atoms with E-state index in [1.165, 1.54) is 12.1 Å². The van der Waals surface area contributed by atoms with Gasteiger partial charge in [0.2, 0.25) is 5.82 Å². The Hall–Kier alpha value is -2.97. The zero-order valence-corrected chi connectivity index (χ0v) is 13.9. The molecule has 1 aliphatic rings. The van der Waals surface area contributed by atoms with Gasteiger partial charge in [-0.3, -0.25) is 0 Å². The van der Waals surface area contributed by atoms with Crippen LogP contribution in [0.15, 0.2) is 53.1 Å². The molecule has 0 aliphatic heterocycles. The van der Waals surface area contributed by atoms with Crippen LogP contribution in [-0.2, 0) is 12.6 Å². The maximum atomic E-state index is 12.7. The highest BCUT2D eigenvalue weighted by molar-refractivity contribution is 5.63. The van der Waals surface area contributed by atoms with Crippen LogP contribution in [0.2, 0.25) is 0 Å². The van der Waals surface area contributed by atoms with Crippen molar-refractivity contribution in [3.05, 3.63) is 76.7 Å². The highest BCUT2D eigenvalue weighted by Crippen LogP contribution is 2.32. The fourth-order valence-corrected chi connectivity index (χ4v) is 3.13. The fourth-order valence-electron chi connectivity index (χ4n) is 3.13. The summed E-state index contributed by atoms with van der Waals surface area (Å²) in [5, 5.41) is 13.5. The van der Waals surface area contributed by atoms with Crippen LogP contribution >= 0.6 is 0 Å². The van der Waals surface area contributed by atoms with E-state index in [-0.39, 0.29) is 11.7 Å². The molecule has 138 valence electrons. The van der Waals surface area contributed by atoms with E-state index in [4.69, 9.17) is 4.52 Å². The molecule has 27 heavy (non-hydrogen) atoms. The second kappa shape index (κ2) is 6.64. The van der Waals surface area contributed by atoms with Gasteiger partial charge in [0.15, 0.2) is 0 Å². The number of alkyl halides is 3. The van der Waals surface area contributed by atoms with Gasteiger partial charge >= 0.3 is 6.18 Å². The molecule has 2 aromatic carbocycles. The first-order chi connectivity index (χ1) is 13.0. The first kappa shape index (κ1) is 17.4. The Morgan fingerprint density at radius 1 is 1.11 bits per heavy atom. The average Bonchev–Trinajstić information content (AvgIpc) is 3.32. The molecule has 4 rings (SSSR count). The van der Waals surface area contributed by atoms with E-state index < -0.39 is 17.8 Å². The average molecular weight is 373 g/mol. The van der Waals surface area contributed by atoms with Crippen molar-refractivity contribution in [1.82, 2.24) is 15.6 Å². The molecule has 0 spiro atoms. The highest BCUT2D eigenvalue weighted by Gasteiger charge is 2.30. The first-order valence-electron chi connectivity index (χ1n) is 8.16. The van der Waals surface area contributed by atoms with Gasteiger partial charge in [0.05, 0.1) is 5.56 Å². The van der Waals surface area contributed by atoms with Crippen LogP contribution in [0.3, 0.4) is 0 Å². The molecule has 0 fully saturated rings. The van der Waals surface area contributed by atoms with Crippen molar-refractivity contribution >= 4 is 6.08 Å².